The Morgan fingerprint density at radius 2 is 2.17 bits per heavy atom. The van der Waals surface area contributed by atoms with Gasteiger partial charge in [0.1, 0.15) is 12.1 Å². The van der Waals surface area contributed by atoms with E-state index in [4.69, 9.17) is 4.74 Å². The summed E-state index contributed by atoms with van der Waals surface area (Å²) in [6.07, 6.45) is 1.26. The van der Waals surface area contributed by atoms with Crippen molar-refractivity contribution >= 4 is 17.8 Å². The second-order valence-electron chi connectivity index (χ2n) is 5.73. The molecule has 1 spiro atoms. The SMILES string of the molecule is COCCNC(=O)CN1C(=O)N[C@]2(CCc3ccccc32)C1=O. The predicted octanol–water partition coefficient (Wildman–Crippen LogP) is 0.143. The topological polar surface area (TPSA) is 87.7 Å². The van der Waals surface area contributed by atoms with E-state index in [2.05, 4.69) is 10.6 Å². The molecule has 122 valence electrons. The lowest BCUT2D eigenvalue weighted by Gasteiger charge is -2.22. The first-order valence-corrected chi connectivity index (χ1v) is 7.56. The number of ether oxygens (including phenoxy) is 1. The van der Waals surface area contributed by atoms with Crippen LogP contribution in [0.5, 0.6) is 0 Å². The molecular formula is C16H19N3O4. The molecule has 1 fully saturated rings. The Bertz CT molecular complexity index is 660. The maximum absolute atomic E-state index is 12.8. The van der Waals surface area contributed by atoms with Gasteiger partial charge in [-0.2, -0.15) is 0 Å². The number of hydrogen-bond donors (Lipinski definition) is 2. The molecule has 1 aliphatic carbocycles. The monoisotopic (exact) mass is 317 g/mol. The minimum Gasteiger partial charge on any atom is -0.383 e. The van der Waals surface area contributed by atoms with E-state index in [9.17, 15) is 14.4 Å². The van der Waals surface area contributed by atoms with Crippen molar-refractivity contribution in [1.29, 1.82) is 0 Å². The van der Waals surface area contributed by atoms with Gasteiger partial charge in [-0.25, -0.2) is 4.79 Å². The molecule has 0 aromatic heterocycles. The van der Waals surface area contributed by atoms with E-state index < -0.39 is 11.6 Å². The first-order chi connectivity index (χ1) is 11.1. The smallest absolute Gasteiger partial charge is 0.325 e. The number of aryl methyl sites for hydroxylation is 1. The van der Waals surface area contributed by atoms with Gasteiger partial charge in [0.15, 0.2) is 0 Å². The summed E-state index contributed by atoms with van der Waals surface area (Å²) in [6.45, 7) is 0.439. The Hall–Kier alpha value is -2.41. The van der Waals surface area contributed by atoms with Crippen LogP contribution < -0.4 is 10.6 Å². The van der Waals surface area contributed by atoms with Gasteiger partial charge in [0.05, 0.1) is 6.61 Å². The maximum Gasteiger partial charge on any atom is 0.325 e. The molecule has 0 unspecified atom stereocenters. The minimum atomic E-state index is -1.01. The minimum absolute atomic E-state index is 0.279. The van der Waals surface area contributed by atoms with Crippen molar-refractivity contribution in [1.82, 2.24) is 15.5 Å². The Morgan fingerprint density at radius 1 is 1.39 bits per heavy atom. The van der Waals surface area contributed by atoms with Crippen LogP contribution in [-0.2, 0) is 26.3 Å². The summed E-state index contributed by atoms with van der Waals surface area (Å²) >= 11 is 0. The second kappa shape index (κ2) is 6.00. The van der Waals surface area contributed by atoms with Gasteiger partial charge in [0.25, 0.3) is 5.91 Å². The van der Waals surface area contributed by atoms with Crippen LogP contribution in [0.3, 0.4) is 0 Å². The molecule has 1 atom stereocenters. The van der Waals surface area contributed by atoms with Crippen LogP contribution >= 0.6 is 0 Å². The number of carbonyl (C=O) groups is 3. The maximum atomic E-state index is 12.8. The van der Waals surface area contributed by atoms with Gasteiger partial charge in [0, 0.05) is 13.7 Å². The molecule has 7 heteroatoms. The molecule has 0 radical (unpaired) electrons. The van der Waals surface area contributed by atoms with E-state index in [0.29, 0.717) is 19.6 Å². The van der Waals surface area contributed by atoms with E-state index in [-0.39, 0.29) is 18.4 Å². The van der Waals surface area contributed by atoms with E-state index >= 15 is 0 Å². The van der Waals surface area contributed by atoms with Crippen molar-refractivity contribution in [2.75, 3.05) is 26.8 Å². The summed E-state index contributed by atoms with van der Waals surface area (Å²) in [7, 11) is 1.53. The van der Waals surface area contributed by atoms with Gasteiger partial charge in [-0.05, 0) is 24.0 Å². The third kappa shape index (κ3) is 2.57. The lowest BCUT2D eigenvalue weighted by atomic mass is 9.92. The molecule has 1 aliphatic heterocycles. The number of methoxy groups -OCH3 is 1. The lowest BCUT2D eigenvalue weighted by Crippen LogP contribution is -2.44. The molecule has 0 bridgehead atoms. The first kappa shape index (κ1) is 15.5. The number of amides is 4. The van der Waals surface area contributed by atoms with Crippen LogP contribution in [0.2, 0.25) is 0 Å². The second-order valence-corrected chi connectivity index (χ2v) is 5.73. The van der Waals surface area contributed by atoms with Gasteiger partial charge in [-0.1, -0.05) is 24.3 Å². The van der Waals surface area contributed by atoms with Crippen molar-refractivity contribution < 1.29 is 19.1 Å². The molecule has 0 saturated carbocycles. The van der Waals surface area contributed by atoms with Crippen molar-refractivity contribution in [3.63, 3.8) is 0 Å². The number of urea groups is 1. The third-order valence-electron chi connectivity index (χ3n) is 4.35. The highest BCUT2D eigenvalue weighted by Crippen LogP contribution is 2.41. The fourth-order valence-corrected chi connectivity index (χ4v) is 3.23. The van der Waals surface area contributed by atoms with Crippen molar-refractivity contribution in [3.05, 3.63) is 35.4 Å². The number of benzene rings is 1. The third-order valence-corrected chi connectivity index (χ3v) is 4.35. The highest BCUT2D eigenvalue weighted by Gasteiger charge is 2.55. The van der Waals surface area contributed by atoms with Crippen LogP contribution in [0.15, 0.2) is 24.3 Å². The highest BCUT2D eigenvalue weighted by molar-refractivity contribution is 6.09. The van der Waals surface area contributed by atoms with Crippen LogP contribution in [0, 0.1) is 0 Å². The Morgan fingerprint density at radius 3 is 2.96 bits per heavy atom. The molecule has 4 amide bonds. The summed E-state index contributed by atoms with van der Waals surface area (Å²) < 4.78 is 4.85. The first-order valence-electron chi connectivity index (χ1n) is 7.56. The Kier molecular flexibility index (Phi) is 4.04. The summed E-state index contributed by atoms with van der Waals surface area (Å²) in [4.78, 5) is 37.9. The van der Waals surface area contributed by atoms with E-state index in [1.54, 1.807) is 0 Å². The number of carbonyl (C=O) groups excluding carboxylic acids is 3. The van der Waals surface area contributed by atoms with Crippen LogP contribution in [0.1, 0.15) is 17.5 Å². The summed E-state index contributed by atoms with van der Waals surface area (Å²) in [6, 6.07) is 7.08. The number of rotatable bonds is 5. The van der Waals surface area contributed by atoms with Crippen LogP contribution in [0.25, 0.3) is 0 Å². The molecule has 2 aliphatic rings. The number of imide groups is 1. The fourth-order valence-electron chi connectivity index (χ4n) is 3.23. The Balaban J connectivity index is 1.75. The number of nitrogens with one attached hydrogen (secondary N) is 2. The van der Waals surface area contributed by atoms with Crippen molar-refractivity contribution in [2.45, 2.75) is 18.4 Å². The molecule has 1 heterocycles. The zero-order valence-electron chi connectivity index (χ0n) is 12.9. The van der Waals surface area contributed by atoms with E-state index in [0.717, 1.165) is 22.4 Å². The van der Waals surface area contributed by atoms with Gasteiger partial charge in [-0.3, -0.25) is 14.5 Å². The van der Waals surface area contributed by atoms with E-state index in [1.165, 1.54) is 7.11 Å². The zero-order valence-corrected chi connectivity index (χ0v) is 12.9. The molecule has 2 N–H and O–H groups in total. The standard InChI is InChI=1S/C16H19N3O4/c1-23-9-8-17-13(20)10-19-14(21)16(18-15(19)22)7-6-11-4-2-3-5-12(11)16/h2-5H,6-10H2,1H3,(H,17,20)(H,18,22)/t16-/m0/s1. The number of hydrogen-bond acceptors (Lipinski definition) is 4. The zero-order chi connectivity index (χ0) is 16.4. The molecule has 23 heavy (non-hydrogen) atoms. The molecule has 3 rings (SSSR count). The fraction of sp³-hybridized carbons (Fsp3) is 0.438. The number of nitrogens with zero attached hydrogens (tertiary/aromatic N) is 1. The molecule has 1 saturated heterocycles. The van der Waals surface area contributed by atoms with Crippen molar-refractivity contribution in [2.24, 2.45) is 0 Å². The number of fused-ring (bicyclic) bond motifs is 2. The Labute approximate surface area is 134 Å². The van der Waals surface area contributed by atoms with Crippen LogP contribution in [0.4, 0.5) is 4.79 Å². The summed E-state index contributed by atoms with van der Waals surface area (Å²) in [5.41, 5.74) is 0.883. The highest BCUT2D eigenvalue weighted by atomic mass is 16.5. The molecule has 1 aromatic carbocycles. The van der Waals surface area contributed by atoms with Gasteiger partial charge in [0.2, 0.25) is 5.91 Å². The molecule has 1 aromatic rings. The largest absolute Gasteiger partial charge is 0.383 e. The predicted molar refractivity (Wildman–Crippen MR) is 81.6 cm³/mol. The summed E-state index contributed by atoms with van der Waals surface area (Å²) in [5, 5.41) is 5.40. The lowest BCUT2D eigenvalue weighted by molar-refractivity contribution is -0.135. The van der Waals surface area contributed by atoms with Gasteiger partial charge < -0.3 is 15.4 Å². The van der Waals surface area contributed by atoms with Crippen LogP contribution in [-0.4, -0.2) is 49.6 Å². The quantitative estimate of drug-likeness (QED) is 0.597. The summed E-state index contributed by atoms with van der Waals surface area (Å²) in [5.74, 6) is -0.733. The van der Waals surface area contributed by atoms with Gasteiger partial charge in [-0.15, -0.1) is 0 Å². The van der Waals surface area contributed by atoms with Gasteiger partial charge >= 0.3 is 6.03 Å². The average molecular weight is 317 g/mol. The molecule has 7 nitrogen and oxygen atoms in total. The molecular weight excluding hydrogens is 298 g/mol. The van der Waals surface area contributed by atoms with E-state index in [1.807, 2.05) is 24.3 Å². The van der Waals surface area contributed by atoms with Crippen molar-refractivity contribution in [3.8, 4) is 0 Å². The normalized spacial score (nSPS) is 22.4. The average Bonchev–Trinajstić information content (AvgIpc) is 3.02.